The topological polar surface area (TPSA) is 30.2 Å². The molecule has 0 radical (unpaired) electrons. The van der Waals surface area contributed by atoms with Crippen molar-refractivity contribution >= 4 is 17.0 Å². The van der Waals surface area contributed by atoms with Crippen LogP contribution < -0.4 is 5.43 Å². The molecule has 0 amide bonds. The zero-order valence-electron chi connectivity index (χ0n) is 6.99. The highest BCUT2D eigenvalue weighted by Gasteiger charge is 1.98. The molecular formula is C11H8O2. The normalized spacial score (nSPS) is 10.2. The lowest BCUT2D eigenvalue weighted by atomic mass is 10.1. The van der Waals surface area contributed by atoms with Crippen molar-refractivity contribution in [1.29, 1.82) is 0 Å². The molecule has 0 saturated carbocycles. The highest BCUT2D eigenvalue weighted by Crippen LogP contribution is 2.12. The van der Waals surface area contributed by atoms with Crippen molar-refractivity contribution in [3.63, 3.8) is 0 Å². The first-order chi connectivity index (χ1) is 6.31. The Morgan fingerprint density at radius 2 is 2.15 bits per heavy atom. The molecule has 0 atom stereocenters. The third-order valence-electron chi connectivity index (χ3n) is 1.92. The Morgan fingerprint density at radius 3 is 2.92 bits per heavy atom. The Labute approximate surface area is 75.1 Å². The SMILES string of the molecule is C=Cc1ccc2c(=O)ccoc2c1. The molecule has 0 saturated heterocycles. The van der Waals surface area contributed by atoms with Crippen molar-refractivity contribution in [3.05, 3.63) is 52.9 Å². The second kappa shape index (κ2) is 2.90. The fraction of sp³-hybridized carbons (Fsp3) is 0. The summed E-state index contributed by atoms with van der Waals surface area (Å²) in [4.78, 5) is 11.3. The van der Waals surface area contributed by atoms with Gasteiger partial charge in [-0.3, -0.25) is 4.79 Å². The molecule has 0 bridgehead atoms. The number of benzene rings is 1. The van der Waals surface area contributed by atoms with E-state index in [4.69, 9.17) is 4.42 Å². The highest BCUT2D eigenvalue weighted by molar-refractivity contribution is 5.78. The second-order valence-corrected chi connectivity index (χ2v) is 2.74. The molecule has 0 spiro atoms. The Hall–Kier alpha value is -1.83. The van der Waals surface area contributed by atoms with E-state index >= 15 is 0 Å². The van der Waals surface area contributed by atoms with Crippen LogP contribution >= 0.6 is 0 Å². The van der Waals surface area contributed by atoms with Gasteiger partial charge >= 0.3 is 0 Å². The summed E-state index contributed by atoms with van der Waals surface area (Å²) < 4.78 is 5.19. The van der Waals surface area contributed by atoms with Crippen LogP contribution in [0.5, 0.6) is 0 Å². The second-order valence-electron chi connectivity index (χ2n) is 2.74. The van der Waals surface area contributed by atoms with Crippen LogP contribution in [0.1, 0.15) is 5.56 Å². The van der Waals surface area contributed by atoms with E-state index in [0.717, 1.165) is 5.56 Å². The summed E-state index contributed by atoms with van der Waals surface area (Å²) in [6, 6.07) is 6.80. The fourth-order valence-electron chi connectivity index (χ4n) is 1.23. The van der Waals surface area contributed by atoms with Crippen molar-refractivity contribution in [2.45, 2.75) is 0 Å². The number of hydrogen-bond acceptors (Lipinski definition) is 2. The third kappa shape index (κ3) is 1.26. The van der Waals surface area contributed by atoms with Crippen molar-refractivity contribution in [1.82, 2.24) is 0 Å². The average molecular weight is 172 g/mol. The summed E-state index contributed by atoms with van der Waals surface area (Å²) in [5.74, 6) is 0. The quantitative estimate of drug-likeness (QED) is 0.661. The Morgan fingerprint density at radius 1 is 1.31 bits per heavy atom. The van der Waals surface area contributed by atoms with E-state index in [9.17, 15) is 4.79 Å². The molecule has 0 fully saturated rings. The maximum Gasteiger partial charge on any atom is 0.192 e. The average Bonchev–Trinajstić information content (AvgIpc) is 2.18. The van der Waals surface area contributed by atoms with E-state index in [-0.39, 0.29) is 5.43 Å². The summed E-state index contributed by atoms with van der Waals surface area (Å²) >= 11 is 0. The summed E-state index contributed by atoms with van der Waals surface area (Å²) in [7, 11) is 0. The van der Waals surface area contributed by atoms with Crippen LogP contribution in [0.4, 0.5) is 0 Å². The van der Waals surface area contributed by atoms with Gasteiger partial charge in [0.1, 0.15) is 5.58 Å². The molecule has 0 aliphatic heterocycles. The van der Waals surface area contributed by atoms with Crippen LogP contribution in [-0.2, 0) is 0 Å². The predicted molar refractivity (Wildman–Crippen MR) is 52.6 cm³/mol. The van der Waals surface area contributed by atoms with Gasteiger partial charge in [0.15, 0.2) is 5.43 Å². The van der Waals surface area contributed by atoms with Crippen molar-refractivity contribution in [2.75, 3.05) is 0 Å². The zero-order valence-corrected chi connectivity index (χ0v) is 6.99. The minimum atomic E-state index is -0.0168. The van der Waals surface area contributed by atoms with Crippen LogP contribution in [0, 0.1) is 0 Å². The highest BCUT2D eigenvalue weighted by atomic mass is 16.3. The fourth-order valence-corrected chi connectivity index (χ4v) is 1.23. The van der Waals surface area contributed by atoms with Gasteiger partial charge in [0.05, 0.1) is 11.6 Å². The van der Waals surface area contributed by atoms with Gasteiger partial charge in [0.2, 0.25) is 0 Å². The summed E-state index contributed by atoms with van der Waals surface area (Å²) in [5.41, 5.74) is 1.53. The molecule has 64 valence electrons. The van der Waals surface area contributed by atoms with E-state index < -0.39 is 0 Å². The Bertz CT molecular complexity index is 509. The predicted octanol–water partition coefficient (Wildman–Crippen LogP) is 2.44. The Kier molecular flexibility index (Phi) is 1.74. The first-order valence-corrected chi connectivity index (χ1v) is 3.95. The molecule has 2 nitrogen and oxygen atoms in total. The van der Waals surface area contributed by atoms with Gasteiger partial charge in [-0.1, -0.05) is 18.7 Å². The molecule has 13 heavy (non-hydrogen) atoms. The first kappa shape index (κ1) is 7.80. The molecule has 1 aromatic heterocycles. The number of hydrogen-bond donors (Lipinski definition) is 0. The van der Waals surface area contributed by atoms with Crippen LogP contribution in [0.25, 0.3) is 17.0 Å². The third-order valence-corrected chi connectivity index (χ3v) is 1.92. The zero-order chi connectivity index (χ0) is 9.26. The monoisotopic (exact) mass is 172 g/mol. The number of fused-ring (bicyclic) bond motifs is 1. The first-order valence-electron chi connectivity index (χ1n) is 3.95. The van der Waals surface area contributed by atoms with Gasteiger partial charge < -0.3 is 4.42 Å². The molecule has 1 heterocycles. The van der Waals surface area contributed by atoms with Gasteiger partial charge in [-0.2, -0.15) is 0 Å². The van der Waals surface area contributed by atoms with Gasteiger partial charge in [0.25, 0.3) is 0 Å². The smallest absolute Gasteiger partial charge is 0.192 e. The molecule has 0 N–H and O–H groups in total. The maximum atomic E-state index is 11.3. The Balaban J connectivity index is 2.87. The molecule has 0 unspecified atom stereocenters. The molecule has 0 aliphatic carbocycles. The minimum absolute atomic E-state index is 0.0168. The lowest BCUT2D eigenvalue weighted by Gasteiger charge is -1.96. The minimum Gasteiger partial charge on any atom is -0.464 e. The van der Waals surface area contributed by atoms with Gasteiger partial charge in [0, 0.05) is 6.07 Å². The summed E-state index contributed by atoms with van der Waals surface area (Å²) in [5, 5.41) is 0.605. The molecule has 0 aliphatic rings. The van der Waals surface area contributed by atoms with E-state index in [2.05, 4.69) is 6.58 Å². The molecular weight excluding hydrogens is 164 g/mol. The van der Waals surface area contributed by atoms with Gasteiger partial charge in [-0.15, -0.1) is 0 Å². The van der Waals surface area contributed by atoms with E-state index in [1.165, 1.54) is 12.3 Å². The molecule has 1 aromatic carbocycles. The van der Waals surface area contributed by atoms with E-state index in [1.807, 2.05) is 6.07 Å². The standard InChI is InChI=1S/C11H8O2/c1-2-8-3-4-9-10(12)5-6-13-11(9)7-8/h2-7H,1H2. The molecule has 2 aromatic rings. The molecule has 2 heteroatoms. The van der Waals surface area contributed by atoms with E-state index in [1.54, 1.807) is 18.2 Å². The largest absolute Gasteiger partial charge is 0.464 e. The van der Waals surface area contributed by atoms with Crippen molar-refractivity contribution < 1.29 is 4.42 Å². The summed E-state index contributed by atoms with van der Waals surface area (Å²) in [6.07, 6.45) is 3.12. The van der Waals surface area contributed by atoms with Gasteiger partial charge in [-0.25, -0.2) is 0 Å². The lowest BCUT2D eigenvalue weighted by Crippen LogP contribution is -1.97. The van der Waals surface area contributed by atoms with Crippen LogP contribution in [0.3, 0.4) is 0 Å². The van der Waals surface area contributed by atoms with Gasteiger partial charge in [-0.05, 0) is 17.7 Å². The lowest BCUT2D eigenvalue weighted by molar-refractivity contribution is 0.602. The molecule has 2 rings (SSSR count). The van der Waals surface area contributed by atoms with E-state index in [0.29, 0.717) is 11.0 Å². The summed E-state index contributed by atoms with van der Waals surface area (Å²) in [6.45, 7) is 3.64. The van der Waals surface area contributed by atoms with Crippen molar-refractivity contribution in [3.8, 4) is 0 Å². The maximum absolute atomic E-state index is 11.3. The van der Waals surface area contributed by atoms with Crippen molar-refractivity contribution in [2.24, 2.45) is 0 Å². The van der Waals surface area contributed by atoms with Crippen LogP contribution in [0.15, 0.2) is 46.3 Å². The number of rotatable bonds is 1. The van der Waals surface area contributed by atoms with Crippen LogP contribution in [-0.4, -0.2) is 0 Å². The van der Waals surface area contributed by atoms with Crippen LogP contribution in [0.2, 0.25) is 0 Å².